The summed E-state index contributed by atoms with van der Waals surface area (Å²) in [6, 6.07) is 18.1. The summed E-state index contributed by atoms with van der Waals surface area (Å²) < 4.78 is 11.3. The van der Waals surface area contributed by atoms with Gasteiger partial charge in [0.2, 0.25) is 0 Å². The molecule has 1 amide bonds. The molecule has 156 valence electrons. The summed E-state index contributed by atoms with van der Waals surface area (Å²) in [6.07, 6.45) is 0. The monoisotopic (exact) mass is 406 g/mol. The van der Waals surface area contributed by atoms with Crippen LogP contribution in [0.1, 0.15) is 23.0 Å². The third kappa shape index (κ3) is 4.61. The van der Waals surface area contributed by atoms with E-state index >= 15 is 0 Å². The van der Waals surface area contributed by atoms with Crippen molar-refractivity contribution in [3.05, 3.63) is 82.2 Å². The van der Waals surface area contributed by atoms with Gasteiger partial charge in [0.25, 0.3) is 5.91 Å². The molecule has 1 fully saturated rings. The molecular formula is C24H26N2O4. The Bertz CT molecular complexity index is 1060. The Morgan fingerprint density at radius 1 is 1.07 bits per heavy atom. The van der Waals surface area contributed by atoms with Crippen molar-refractivity contribution >= 4 is 16.9 Å². The van der Waals surface area contributed by atoms with Crippen LogP contribution in [0.4, 0.5) is 0 Å². The van der Waals surface area contributed by atoms with Crippen molar-refractivity contribution in [3.63, 3.8) is 0 Å². The van der Waals surface area contributed by atoms with E-state index in [1.807, 2.05) is 37.3 Å². The first-order chi connectivity index (χ1) is 14.6. The maximum atomic E-state index is 13.5. The molecule has 6 nitrogen and oxygen atoms in total. The zero-order chi connectivity index (χ0) is 20.9. The van der Waals surface area contributed by atoms with E-state index in [-0.39, 0.29) is 23.1 Å². The maximum absolute atomic E-state index is 13.5. The molecule has 2 heterocycles. The van der Waals surface area contributed by atoms with Gasteiger partial charge in [-0.3, -0.25) is 14.5 Å². The van der Waals surface area contributed by atoms with Gasteiger partial charge in [0.1, 0.15) is 5.58 Å². The van der Waals surface area contributed by atoms with E-state index < -0.39 is 0 Å². The van der Waals surface area contributed by atoms with Crippen LogP contribution in [0.15, 0.2) is 69.9 Å². The average Bonchev–Trinajstić information content (AvgIpc) is 2.78. The summed E-state index contributed by atoms with van der Waals surface area (Å²) >= 11 is 0. The minimum absolute atomic E-state index is 0.0624. The molecule has 4 rings (SSSR count). The van der Waals surface area contributed by atoms with Crippen LogP contribution in [-0.4, -0.2) is 54.6 Å². The van der Waals surface area contributed by atoms with Crippen LogP contribution >= 0.6 is 0 Å². The second kappa shape index (κ2) is 9.24. The number of carbonyl (C=O) groups excluding carboxylic acids is 1. The number of morpholine rings is 1. The van der Waals surface area contributed by atoms with Crippen LogP contribution in [0.3, 0.4) is 0 Å². The number of benzene rings is 2. The third-order valence-electron chi connectivity index (χ3n) is 5.46. The maximum Gasteiger partial charge on any atom is 0.290 e. The van der Waals surface area contributed by atoms with Gasteiger partial charge in [-0.05, 0) is 24.6 Å². The van der Waals surface area contributed by atoms with Gasteiger partial charge in [-0.1, -0.05) is 42.5 Å². The highest BCUT2D eigenvalue weighted by Crippen LogP contribution is 2.18. The summed E-state index contributed by atoms with van der Waals surface area (Å²) in [5, 5.41) is 0.477. The van der Waals surface area contributed by atoms with Gasteiger partial charge >= 0.3 is 0 Å². The minimum atomic E-state index is -0.275. The van der Waals surface area contributed by atoms with E-state index in [2.05, 4.69) is 4.90 Å². The van der Waals surface area contributed by atoms with Crippen molar-refractivity contribution in [3.8, 4) is 0 Å². The smallest absolute Gasteiger partial charge is 0.290 e. The van der Waals surface area contributed by atoms with Crippen molar-refractivity contribution in [2.45, 2.75) is 19.5 Å². The van der Waals surface area contributed by atoms with Gasteiger partial charge in [0.15, 0.2) is 11.2 Å². The normalized spacial score (nSPS) is 15.8. The van der Waals surface area contributed by atoms with Gasteiger partial charge in [-0.2, -0.15) is 0 Å². The molecule has 1 atom stereocenters. The van der Waals surface area contributed by atoms with Crippen molar-refractivity contribution in [2.75, 3.05) is 32.8 Å². The molecule has 1 aromatic heterocycles. The fourth-order valence-corrected chi connectivity index (χ4v) is 3.81. The van der Waals surface area contributed by atoms with Gasteiger partial charge in [0.05, 0.1) is 18.6 Å². The quantitative estimate of drug-likeness (QED) is 0.629. The third-order valence-corrected chi connectivity index (χ3v) is 5.46. The predicted octanol–water partition coefficient (Wildman–Crippen LogP) is 3.16. The van der Waals surface area contributed by atoms with Gasteiger partial charge in [0, 0.05) is 38.3 Å². The molecule has 1 saturated heterocycles. The Balaban J connectivity index is 1.63. The molecule has 0 spiro atoms. The average molecular weight is 406 g/mol. The first kappa shape index (κ1) is 20.3. The highest BCUT2D eigenvalue weighted by Gasteiger charge is 2.26. The van der Waals surface area contributed by atoms with Gasteiger partial charge in [-0.25, -0.2) is 0 Å². The fourth-order valence-electron chi connectivity index (χ4n) is 3.81. The number of ether oxygens (including phenoxy) is 1. The van der Waals surface area contributed by atoms with Gasteiger partial charge in [-0.15, -0.1) is 0 Å². The molecular weight excluding hydrogens is 380 g/mol. The number of para-hydroxylation sites is 1. The lowest BCUT2D eigenvalue weighted by atomic mass is 10.1. The Kier molecular flexibility index (Phi) is 6.26. The number of carbonyl (C=O) groups is 1. The first-order valence-electron chi connectivity index (χ1n) is 10.3. The van der Waals surface area contributed by atoms with Crippen LogP contribution in [0.25, 0.3) is 11.0 Å². The summed E-state index contributed by atoms with van der Waals surface area (Å²) in [5.74, 6) is -0.203. The topological polar surface area (TPSA) is 63.0 Å². The first-order valence-corrected chi connectivity index (χ1v) is 10.3. The Morgan fingerprint density at radius 2 is 1.77 bits per heavy atom. The largest absolute Gasteiger partial charge is 0.451 e. The van der Waals surface area contributed by atoms with Gasteiger partial charge < -0.3 is 14.1 Å². The lowest BCUT2D eigenvalue weighted by molar-refractivity contribution is 0.0222. The molecule has 2 aromatic carbocycles. The van der Waals surface area contributed by atoms with Crippen molar-refractivity contribution in [1.82, 2.24) is 9.80 Å². The molecule has 0 saturated carbocycles. The Hall–Kier alpha value is -2.96. The SMILES string of the molecule is CC(CN1CCOCC1)N(Cc1ccccc1)C(=O)c1cc(=O)c2ccccc2o1. The highest BCUT2D eigenvalue weighted by atomic mass is 16.5. The number of amides is 1. The van der Waals surface area contributed by atoms with E-state index in [9.17, 15) is 9.59 Å². The molecule has 0 N–H and O–H groups in total. The summed E-state index contributed by atoms with van der Waals surface area (Å²) in [7, 11) is 0. The molecule has 0 aliphatic carbocycles. The van der Waals surface area contributed by atoms with E-state index in [0.717, 1.165) is 25.2 Å². The minimum Gasteiger partial charge on any atom is -0.451 e. The molecule has 6 heteroatoms. The molecule has 30 heavy (non-hydrogen) atoms. The Labute approximate surface area is 175 Å². The zero-order valence-electron chi connectivity index (χ0n) is 17.1. The standard InChI is InChI=1S/C24H26N2O4/c1-18(16-25-11-13-29-14-12-25)26(17-19-7-3-2-4-8-19)24(28)23-15-21(27)20-9-5-6-10-22(20)30-23/h2-10,15,18H,11-14,16-17H2,1H3. The van der Waals surface area contributed by atoms with Crippen molar-refractivity contribution in [1.29, 1.82) is 0 Å². The Morgan fingerprint density at radius 3 is 2.53 bits per heavy atom. The number of hydrogen-bond acceptors (Lipinski definition) is 5. The van der Waals surface area contributed by atoms with Crippen LogP contribution in [-0.2, 0) is 11.3 Å². The number of hydrogen-bond donors (Lipinski definition) is 0. The van der Waals surface area contributed by atoms with E-state index in [1.54, 1.807) is 29.2 Å². The second-order valence-corrected chi connectivity index (χ2v) is 7.65. The number of rotatable bonds is 6. The van der Waals surface area contributed by atoms with E-state index in [1.165, 1.54) is 6.07 Å². The lowest BCUT2D eigenvalue weighted by Crippen LogP contribution is -2.48. The summed E-state index contributed by atoms with van der Waals surface area (Å²) in [5.41, 5.74) is 1.25. The molecule has 0 radical (unpaired) electrons. The molecule has 0 bridgehead atoms. The zero-order valence-corrected chi connectivity index (χ0v) is 17.1. The lowest BCUT2D eigenvalue weighted by Gasteiger charge is -2.35. The number of fused-ring (bicyclic) bond motifs is 1. The van der Waals surface area contributed by atoms with Crippen molar-refractivity contribution < 1.29 is 13.9 Å². The van der Waals surface area contributed by atoms with E-state index in [4.69, 9.17) is 9.15 Å². The predicted molar refractivity (Wildman–Crippen MR) is 116 cm³/mol. The molecule has 1 aliphatic rings. The van der Waals surface area contributed by atoms with Crippen LogP contribution in [0, 0.1) is 0 Å². The summed E-state index contributed by atoms with van der Waals surface area (Å²) in [6.45, 7) is 6.33. The molecule has 1 aliphatic heterocycles. The number of nitrogens with zero attached hydrogens (tertiary/aromatic N) is 2. The summed E-state index contributed by atoms with van der Waals surface area (Å²) in [4.78, 5) is 30.1. The van der Waals surface area contributed by atoms with Crippen molar-refractivity contribution in [2.24, 2.45) is 0 Å². The van der Waals surface area contributed by atoms with Crippen LogP contribution in [0.2, 0.25) is 0 Å². The molecule has 3 aromatic rings. The fraction of sp³-hybridized carbons (Fsp3) is 0.333. The van der Waals surface area contributed by atoms with E-state index in [0.29, 0.717) is 30.7 Å². The van der Waals surface area contributed by atoms with Crippen LogP contribution < -0.4 is 5.43 Å². The molecule has 1 unspecified atom stereocenters. The second-order valence-electron chi connectivity index (χ2n) is 7.65. The highest BCUT2D eigenvalue weighted by molar-refractivity contribution is 5.93. The van der Waals surface area contributed by atoms with Crippen LogP contribution in [0.5, 0.6) is 0 Å².